The third-order valence-electron chi connectivity index (χ3n) is 25.6. The molecule has 0 fully saturated rings. The molecule has 24 aromatic rings. The number of hydrogen-bond donors (Lipinski definition) is 0. The van der Waals surface area contributed by atoms with E-state index in [2.05, 4.69) is 488 Å². The zero-order chi connectivity index (χ0) is 82.8. The topological polar surface area (TPSA) is 0 Å². The normalized spacial score (nSPS) is 11.7. The first-order valence-electron chi connectivity index (χ1n) is 43.3. The average Bonchev–Trinajstić information content (AvgIpc) is 0.715. The van der Waals surface area contributed by atoms with Crippen molar-refractivity contribution < 1.29 is 0 Å². The zero-order valence-corrected chi connectivity index (χ0v) is 69.5. The van der Waals surface area contributed by atoms with Crippen molar-refractivity contribution in [3.63, 3.8) is 0 Å². The molecule has 0 heteroatoms. The summed E-state index contributed by atoms with van der Waals surface area (Å²) in [6, 6.07) is 171. The van der Waals surface area contributed by atoms with Crippen LogP contribution < -0.4 is 0 Å². The summed E-state index contributed by atoms with van der Waals surface area (Å²) in [6.07, 6.45) is 0. The molecule has 0 aliphatic heterocycles. The van der Waals surface area contributed by atoms with Gasteiger partial charge < -0.3 is 0 Å². The van der Waals surface area contributed by atoms with Gasteiger partial charge in [-0.25, -0.2) is 0 Å². The minimum absolute atomic E-state index is 0.0591. The summed E-state index contributed by atoms with van der Waals surface area (Å²) < 4.78 is 0. The second-order valence-corrected chi connectivity index (χ2v) is 33.9. The fraction of sp³-hybridized carbons (Fsp3) is 0.0323. The van der Waals surface area contributed by atoms with Crippen LogP contribution in [0.2, 0.25) is 0 Å². The van der Waals surface area contributed by atoms with Gasteiger partial charge in [0, 0.05) is 0 Å². The molecule has 0 aromatic heterocycles. The number of benzene rings is 24. The molecule has 0 atom stereocenters. The molecule has 0 unspecified atom stereocenters. The van der Waals surface area contributed by atoms with E-state index in [0.29, 0.717) is 0 Å². The van der Waals surface area contributed by atoms with Gasteiger partial charge in [0.2, 0.25) is 0 Å². The quantitative estimate of drug-likeness (QED) is 0.126. The Bertz CT molecular complexity index is 7810. The van der Waals surface area contributed by atoms with Gasteiger partial charge in [0.1, 0.15) is 0 Å². The predicted octanol–water partition coefficient (Wildman–Crippen LogP) is 35.2. The Morgan fingerprint density at radius 2 is 0.323 bits per heavy atom. The van der Waals surface area contributed by atoms with Crippen molar-refractivity contribution in [2.45, 2.75) is 26.2 Å². The largest absolute Gasteiger partial charge is 0.0622 e. The van der Waals surface area contributed by atoms with Gasteiger partial charge in [-0.2, -0.15) is 0 Å². The fourth-order valence-corrected chi connectivity index (χ4v) is 19.9. The lowest BCUT2D eigenvalue weighted by molar-refractivity contribution is 0.591. The van der Waals surface area contributed by atoms with E-state index in [-0.39, 0.29) is 5.41 Å². The standard InChI is InChI=1S/C48H30.C38H30.C38H26/c1-3-15-33-29-35(27-25-31(33)13-1)45-37-17-5-9-21-41(37)47(42-22-10-6-18-38(42)45)48-43-23-11-7-19-39(43)46(40-20-8-12-24-44(40)48)36-28-26-32-14-2-4-16-34(32)30-36;1-38(2,3)31-20-21-34-35(24-31)37(30-19-17-26-11-5-7-13-28(26)23-30)33-15-9-8-14-32(33)36(34)29-18-16-25-10-4-6-12-27(25)22-29;1-3-15-27(16-4-1)29-19-7-9-21-31(29)37-33-23-11-13-25-35(33)38(36-26-14-12-24-34(36)37)32-22-10-8-20-30(32)28-17-5-2-6-18-28/h1-30H;4-24H,1-3H3;1-26H. The van der Waals surface area contributed by atoms with E-state index >= 15 is 0 Å². The molecule has 582 valence electrons. The first kappa shape index (κ1) is 74.7. The van der Waals surface area contributed by atoms with Gasteiger partial charge in [-0.05, 0) is 271 Å². The van der Waals surface area contributed by atoms with Crippen LogP contribution in [-0.4, -0.2) is 0 Å². The molecular weight excluding hydrogens is 1490 g/mol. The monoisotopic (exact) mass is 1570 g/mol. The highest BCUT2D eigenvalue weighted by Crippen LogP contribution is 2.53. The fourth-order valence-electron chi connectivity index (χ4n) is 19.9. The van der Waals surface area contributed by atoms with Crippen LogP contribution in [-0.2, 0) is 5.41 Å². The maximum atomic E-state index is 2.44. The lowest BCUT2D eigenvalue weighted by Gasteiger charge is -2.23. The summed E-state index contributed by atoms with van der Waals surface area (Å²) in [5, 5.41) is 30.6. The van der Waals surface area contributed by atoms with E-state index < -0.39 is 0 Å². The van der Waals surface area contributed by atoms with Gasteiger partial charge in [-0.3, -0.25) is 0 Å². The van der Waals surface area contributed by atoms with E-state index in [9.17, 15) is 0 Å². The van der Waals surface area contributed by atoms with E-state index in [4.69, 9.17) is 0 Å². The molecule has 24 rings (SSSR count). The molecule has 0 bridgehead atoms. The third kappa shape index (κ3) is 13.3. The Hall–Kier alpha value is -15.6. The summed E-state index contributed by atoms with van der Waals surface area (Å²) in [6.45, 7) is 6.90. The van der Waals surface area contributed by atoms with Crippen molar-refractivity contribution in [1.29, 1.82) is 0 Å². The van der Waals surface area contributed by atoms with Gasteiger partial charge in [-0.1, -0.05) is 458 Å². The lowest BCUT2D eigenvalue weighted by atomic mass is 9.81. The molecule has 0 radical (unpaired) electrons. The number of hydrogen-bond acceptors (Lipinski definition) is 0. The van der Waals surface area contributed by atoms with Crippen molar-refractivity contribution in [2.75, 3.05) is 0 Å². The van der Waals surface area contributed by atoms with Gasteiger partial charge >= 0.3 is 0 Å². The van der Waals surface area contributed by atoms with E-state index in [1.54, 1.807) is 0 Å². The molecule has 0 nitrogen and oxygen atoms in total. The maximum absolute atomic E-state index is 2.44. The first-order chi connectivity index (χ1) is 61.2. The Morgan fingerprint density at radius 1 is 0.121 bits per heavy atom. The van der Waals surface area contributed by atoms with Crippen LogP contribution in [0.3, 0.4) is 0 Å². The smallest absolute Gasteiger partial charge is 0.00139 e. The van der Waals surface area contributed by atoms with Crippen molar-refractivity contribution in [3.05, 3.63) is 473 Å². The average molecular weight is 1580 g/mol. The predicted molar refractivity (Wildman–Crippen MR) is 537 cm³/mol. The maximum Gasteiger partial charge on any atom is -0.00139 e. The lowest BCUT2D eigenvalue weighted by Crippen LogP contribution is -2.10. The van der Waals surface area contributed by atoms with Crippen LogP contribution in [0.25, 0.3) is 229 Å². The Morgan fingerprint density at radius 3 is 0.589 bits per heavy atom. The highest BCUT2D eigenvalue weighted by Gasteiger charge is 2.27. The van der Waals surface area contributed by atoms with Gasteiger partial charge in [-0.15, -0.1) is 0 Å². The van der Waals surface area contributed by atoms with Gasteiger partial charge in [0.25, 0.3) is 0 Å². The second kappa shape index (κ2) is 31.5. The summed E-state index contributed by atoms with van der Waals surface area (Å²) in [4.78, 5) is 0. The molecule has 0 aliphatic carbocycles. The number of rotatable bonds is 9. The summed E-state index contributed by atoms with van der Waals surface area (Å²) in [7, 11) is 0. The molecular formula is C124H86. The highest BCUT2D eigenvalue weighted by molar-refractivity contribution is 6.31. The summed E-state index contributed by atoms with van der Waals surface area (Å²) in [5.41, 5.74) is 24.3. The van der Waals surface area contributed by atoms with Crippen molar-refractivity contribution in [3.8, 4) is 100 Å². The van der Waals surface area contributed by atoms with Crippen molar-refractivity contribution in [2.24, 2.45) is 0 Å². The molecule has 0 saturated carbocycles. The Labute approximate surface area is 723 Å². The van der Waals surface area contributed by atoms with Crippen LogP contribution >= 0.6 is 0 Å². The molecule has 0 spiro atoms. The van der Waals surface area contributed by atoms with Crippen LogP contribution in [0.4, 0.5) is 0 Å². The molecule has 0 aliphatic rings. The summed E-state index contributed by atoms with van der Waals surface area (Å²) >= 11 is 0. The minimum atomic E-state index is 0.0591. The molecule has 24 aromatic carbocycles. The van der Waals surface area contributed by atoms with Crippen LogP contribution in [0, 0.1) is 0 Å². The zero-order valence-electron chi connectivity index (χ0n) is 69.5. The Balaban J connectivity index is 0.000000112. The van der Waals surface area contributed by atoms with Crippen LogP contribution in [0.5, 0.6) is 0 Å². The van der Waals surface area contributed by atoms with Gasteiger partial charge in [0.05, 0.1) is 0 Å². The summed E-state index contributed by atoms with van der Waals surface area (Å²) in [5.74, 6) is 0. The van der Waals surface area contributed by atoms with Crippen LogP contribution in [0.15, 0.2) is 467 Å². The molecule has 0 heterocycles. The molecule has 0 amide bonds. The molecule has 0 N–H and O–H groups in total. The van der Waals surface area contributed by atoms with Crippen molar-refractivity contribution >= 4 is 129 Å². The second-order valence-electron chi connectivity index (χ2n) is 33.9. The van der Waals surface area contributed by atoms with Gasteiger partial charge in [0.15, 0.2) is 0 Å². The highest BCUT2D eigenvalue weighted by atomic mass is 14.3. The number of fused-ring (bicyclic) bond motifs is 12. The Kier molecular flexibility index (Phi) is 19.0. The molecule has 0 saturated heterocycles. The van der Waals surface area contributed by atoms with Crippen molar-refractivity contribution in [1.82, 2.24) is 0 Å². The SMILES string of the molecule is CC(C)(C)c1ccc2c(-c3ccc4ccccc4c3)c3ccccc3c(-c3ccc4ccccc4c3)c2c1.c1ccc(-c2ccccc2-c2c3ccccc3c(-c3ccccc3-c3ccccc3)c3ccccc23)cc1.c1ccc2cc(-c3c4ccccc4c(-c4c5ccccc5c(-c5ccc6ccccc6c5)c5ccccc45)c4ccccc34)ccc2c1. The minimum Gasteiger partial charge on any atom is -0.0622 e. The van der Waals surface area contributed by atoms with E-state index in [0.717, 1.165) is 0 Å². The van der Waals surface area contributed by atoms with Crippen LogP contribution in [0.1, 0.15) is 26.3 Å². The van der Waals surface area contributed by atoms with E-state index in [1.165, 1.54) is 235 Å². The van der Waals surface area contributed by atoms with E-state index in [1.807, 2.05) is 0 Å². The third-order valence-corrected chi connectivity index (χ3v) is 25.6. The molecule has 124 heavy (non-hydrogen) atoms. The first-order valence-corrected chi connectivity index (χ1v) is 43.3.